The first kappa shape index (κ1) is 21.6. The third-order valence-corrected chi connectivity index (χ3v) is 5.09. The molecule has 0 aliphatic carbocycles. The number of hydrogen-bond donors (Lipinski definition) is 2. The molecule has 0 saturated carbocycles. The van der Waals surface area contributed by atoms with Gasteiger partial charge < -0.3 is 24.8 Å². The number of rotatable bonds is 10. The van der Waals surface area contributed by atoms with Crippen molar-refractivity contribution < 1.29 is 14.6 Å². The fourth-order valence-corrected chi connectivity index (χ4v) is 3.40. The molecule has 6 nitrogen and oxygen atoms in total. The number of methoxy groups -OCH3 is 2. The molecule has 30 heavy (non-hydrogen) atoms. The van der Waals surface area contributed by atoms with E-state index in [4.69, 9.17) is 9.47 Å². The number of anilines is 1. The lowest BCUT2D eigenvalue weighted by molar-refractivity contribution is 0.251. The van der Waals surface area contributed by atoms with Crippen molar-refractivity contribution in [3.8, 4) is 11.5 Å². The monoisotopic (exact) mass is 407 g/mol. The molecule has 1 heterocycles. The molecule has 6 heteroatoms. The van der Waals surface area contributed by atoms with E-state index in [9.17, 15) is 5.11 Å². The Morgan fingerprint density at radius 1 is 0.900 bits per heavy atom. The Bertz CT molecular complexity index is 860. The lowest BCUT2D eigenvalue weighted by Gasteiger charge is -2.28. The number of nitrogens with one attached hydrogen (secondary N) is 1. The summed E-state index contributed by atoms with van der Waals surface area (Å²) in [5.74, 6) is 2.50. The molecule has 0 bridgehead atoms. The molecule has 3 aromatic rings. The Morgan fingerprint density at radius 2 is 1.43 bits per heavy atom. The first-order chi connectivity index (χ1) is 14.7. The third-order valence-electron chi connectivity index (χ3n) is 5.09. The third kappa shape index (κ3) is 5.28. The van der Waals surface area contributed by atoms with Crippen LogP contribution < -0.4 is 19.7 Å². The van der Waals surface area contributed by atoms with Crippen LogP contribution in [0.2, 0.25) is 0 Å². The highest BCUT2D eigenvalue weighted by atomic mass is 16.5. The Labute approximate surface area is 178 Å². The van der Waals surface area contributed by atoms with Gasteiger partial charge in [-0.05, 0) is 48.5 Å². The quantitative estimate of drug-likeness (QED) is 0.536. The minimum Gasteiger partial charge on any atom is -0.497 e. The zero-order chi connectivity index (χ0) is 21.3. The van der Waals surface area contributed by atoms with Crippen molar-refractivity contribution in [1.82, 2.24) is 10.3 Å². The fourth-order valence-electron chi connectivity index (χ4n) is 3.40. The van der Waals surface area contributed by atoms with Gasteiger partial charge in [0.1, 0.15) is 17.3 Å². The lowest BCUT2D eigenvalue weighted by Crippen LogP contribution is -2.28. The SMILES string of the molecule is CNC(CO)c1cccnc1N(Cc1ccc(OC)cc1)Cc1ccc(OC)cc1. The van der Waals surface area contributed by atoms with Gasteiger partial charge in [0.05, 0.1) is 26.9 Å². The molecule has 0 saturated heterocycles. The van der Waals surface area contributed by atoms with Crippen LogP contribution >= 0.6 is 0 Å². The van der Waals surface area contributed by atoms with Crippen LogP contribution in [0.5, 0.6) is 11.5 Å². The maximum absolute atomic E-state index is 9.84. The van der Waals surface area contributed by atoms with E-state index in [2.05, 4.69) is 39.5 Å². The summed E-state index contributed by atoms with van der Waals surface area (Å²) < 4.78 is 10.6. The van der Waals surface area contributed by atoms with E-state index in [0.717, 1.165) is 34.0 Å². The minimum atomic E-state index is -0.192. The van der Waals surface area contributed by atoms with Crippen LogP contribution in [0.3, 0.4) is 0 Å². The van der Waals surface area contributed by atoms with Gasteiger partial charge in [-0.2, -0.15) is 0 Å². The number of aromatic nitrogens is 1. The molecule has 1 atom stereocenters. The summed E-state index contributed by atoms with van der Waals surface area (Å²) in [6, 6.07) is 19.8. The van der Waals surface area contributed by atoms with Crippen LogP contribution in [0.25, 0.3) is 0 Å². The van der Waals surface area contributed by atoms with Crippen LogP contribution in [0, 0.1) is 0 Å². The normalized spacial score (nSPS) is 11.7. The number of likely N-dealkylation sites (N-methyl/N-ethyl adjacent to an activating group) is 1. The van der Waals surface area contributed by atoms with E-state index >= 15 is 0 Å². The van der Waals surface area contributed by atoms with Crippen LogP contribution in [-0.4, -0.2) is 38.0 Å². The molecule has 0 fully saturated rings. The Balaban J connectivity index is 1.95. The highest BCUT2D eigenvalue weighted by molar-refractivity contribution is 5.50. The standard InChI is InChI=1S/C24H29N3O3/c1-25-23(17-28)22-5-4-14-26-24(22)27(15-18-6-10-20(29-2)11-7-18)16-19-8-12-21(30-3)13-9-19/h4-14,23,25,28H,15-17H2,1-3H3. The maximum Gasteiger partial charge on any atom is 0.133 e. The average molecular weight is 408 g/mol. The van der Waals surface area contributed by atoms with E-state index in [-0.39, 0.29) is 12.6 Å². The van der Waals surface area contributed by atoms with E-state index < -0.39 is 0 Å². The van der Waals surface area contributed by atoms with Crippen molar-refractivity contribution in [2.75, 3.05) is 32.8 Å². The van der Waals surface area contributed by atoms with Gasteiger partial charge >= 0.3 is 0 Å². The summed E-state index contributed by atoms with van der Waals surface area (Å²) in [7, 11) is 5.17. The predicted molar refractivity (Wildman–Crippen MR) is 119 cm³/mol. The van der Waals surface area contributed by atoms with E-state index in [0.29, 0.717) is 13.1 Å². The van der Waals surface area contributed by atoms with Crippen molar-refractivity contribution in [2.45, 2.75) is 19.1 Å². The minimum absolute atomic E-state index is 0.00585. The summed E-state index contributed by atoms with van der Waals surface area (Å²) >= 11 is 0. The molecule has 0 radical (unpaired) electrons. The van der Waals surface area contributed by atoms with Gasteiger partial charge in [-0.15, -0.1) is 0 Å². The number of pyridine rings is 1. The van der Waals surface area contributed by atoms with Gasteiger partial charge in [-0.1, -0.05) is 30.3 Å². The molecular formula is C24H29N3O3. The molecule has 0 aliphatic heterocycles. The van der Waals surface area contributed by atoms with Crippen molar-refractivity contribution in [1.29, 1.82) is 0 Å². The van der Waals surface area contributed by atoms with Crippen LogP contribution in [0.1, 0.15) is 22.7 Å². The number of nitrogens with zero attached hydrogens (tertiary/aromatic N) is 2. The van der Waals surface area contributed by atoms with Crippen molar-refractivity contribution in [2.24, 2.45) is 0 Å². The number of aliphatic hydroxyl groups excluding tert-OH is 1. The van der Waals surface area contributed by atoms with Gasteiger partial charge in [0.15, 0.2) is 0 Å². The molecule has 0 amide bonds. The molecular weight excluding hydrogens is 378 g/mol. The van der Waals surface area contributed by atoms with Crippen molar-refractivity contribution in [3.63, 3.8) is 0 Å². The summed E-state index contributed by atoms with van der Waals surface area (Å²) in [5, 5.41) is 13.0. The maximum atomic E-state index is 9.84. The van der Waals surface area contributed by atoms with Gasteiger partial charge in [0.25, 0.3) is 0 Å². The van der Waals surface area contributed by atoms with E-state index in [1.165, 1.54) is 0 Å². The lowest BCUT2D eigenvalue weighted by atomic mass is 10.1. The largest absolute Gasteiger partial charge is 0.497 e. The number of aliphatic hydroxyl groups is 1. The fraction of sp³-hybridized carbons (Fsp3) is 0.292. The zero-order valence-corrected chi connectivity index (χ0v) is 17.7. The molecule has 2 aromatic carbocycles. The summed E-state index contributed by atoms with van der Waals surface area (Å²) in [5.41, 5.74) is 3.25. The molecule has 1 unspecified atom stereocenters. The average Bonchev–Trinajstić information content (AvgIpc) is 2.81. The van der Waals surface area contributed by atoms with Gasteiger partial charge in [0, 0.05) is 24.8 Å². The molecule has 2 N–H and O–H groups in total. The van der Waals surface area contributed by atoms with Crippen molar-refractivity contribution in [3.05, 3.63) is 83.6 Å². The Hall–Kier alpha value is -3.09. The van der Waals surface area contributed by atoms with E-state index in [1.807, 2.05) is 43.4 Å². The predicted octanol–water partition coefficient (Wildman–Crippen LogP) is 3.56. The van der Waals surface area contributed by atoms with E-state index in [1.54, 1.807) is 20.4 Å². The highest BCUT2D eigenvalue weighted by Gasteiger charge is 2.19. The number of hydrogen-bond acceptors (Lipinski definition) is 6. The summed E-state index contributed by atoms with van der Waals surface area (Å²) in [6.45, 7) is 1.33. The number of benzene rings is 2. The number of ether oxygens (including phenoxy) is 2. The first-order valence-corrected chi connectivity index (χ1v) is 9.92. The summed E-state index contributed by atoms with van der Waals surface area (Å²) in [6.07, 6.45) is 1.79. The van der Waals surface area contributed by atoms with Gasteiger partial charge in [0.2, 0.25) is 0 Å². The molecule has 158 valence electrons. The second-order valence-electron chi connectivity index (χ2n) is 6.99. The molecule has 1 aromatic heterocycles. The van der Waals surface area contributed by atoms with Crippen molar-refractivity contribution >= 4 is 5.82 Å². The second kappa shape index (κ2) is 10.6. The zero-order valence-electron chi connectivity index (χ0n) is 17.7. The van der Waals surface area contributed by atoms with Crippen LogP contribution in [-0.2, 0) is 13.1 Å². The first-order valence-electron chi connectivity index (χ1n) is 9.92. The summed E-state index contributed by atoms with van der Waals surface area (Å²) in [4.78, 5) is 6.90. The second-order valence-corrected chi connectivity index (χ2v) is 6.99. The molecule has 0 spiro atoms. The topological polar surface area (TPSA) is 66.9 Å². The molecule has 0 aliphatic rings. The van der Waals surface area contributed by atoms with Crippen LogP contribution in [0.4, 0.5) is 5.82 Å². The van der Waals surface area contributed by atoms with Gasteiger partial charge in [-0.3, -0.25) is 0 Å². The van der Waals surface area contributed by atoms with Gasteiger partial charge in [-0.25, -0.2) is 4.98 Å². The highest BCUT2D eigenvalue weighted by Crippen LogP contribution is 2.27. The molecule has 3 rings (SSSR count). The Kier molecular flexibility index (Phi) is 7.65. The smallest absolute Gasteiger partial charge is 0.133 e. The van der Waals surface area contributed by atoms with Crippen LogP contribution in [0.15, 0.2) is 66.9 Å². The Morgan fingerprint density at radius 3 is 1.87 bits per heavy atom.